The van der Waals surface area contributed by atoms with E-state index in [4.69, 9.17) is 0 Å². The Morgan fingerprint density at radius 2 is 1.17 bits per heavy atom. The number of rotatable bonds is 9. The topological polar surface area (TPSA) is 0 Å². The van der Waals surface area contributed by atoms with E-state index in [1.807, 2.05) is 0 Å². The first-order valence-corrected chi connectivity index (χ1v) is 25.3. The van der Waals surface area contributed by atoms with Gasteiger partial charge >= 0.3 is 0 Å². The lowest BCUT2D eigenvalue weighted by atomic mass is 10.0. The summed E-state index contributed by atoms with van der Waals surface area (Å²) in [4.78, 5) is 4.23. The number of aryl methyl sites for hydroxylation is 1. The largest absolute Gasteiger partial charge is 0.161 e. The number of hydrogen-bond donors (Lipinski definition) is 0. The molecule has 0 radical (unpaired) electrons. The van der Waals surface area contributed by atoms with Crippen molar-refractivity contribution < 1.29 is 0 Å². The lowest BCUT2D eigenvalue weighted by molar-refractivity contribution is 0.555. The van der Waals surface area contributed by atoms with Gasteiger partial charge in [0.1, 0.15) is 9.79 Å². The molecule has 0 amide bonds. The minimum atomic E-state index is -1.07. The van der Waals surface area contributed by atoms with Gasteiger partial charge in [-0.15, -0.1) is 23.5 Å². The molecule has 2 aromatic carbocycles. The second-order valence-corrected chi connectivity index (χ2v) is 31.1. The van der Waals surface area contributed by atoms with Crippen molar-refractivity contribution in [2.45, 2.75) is 98.3 Å². The van der Waals surface area contributed by atoms with E-state index in [-0.39, 0.29) is 0 Å². The van der Waals surface area contributed by atoms with Crippen LogP contribution in [0.15, 0.2) is 54.6 Å². The molecule has 0 aromatic heterocycles. The maximum atomic E-state index is 2.79. The maximum Gasteiger partial charge on any atom is 0.161 e. The molecular formula is C35H54P4S2+2. The van der Waals surface area contributed by atoms with Gasteiger partial charge in [-0.1, -0.05) is 113 Å². The first kappa shape index (κ1) is 33.0. The fourth-order valence-electron chi connectivity index (χ4n) is 8.89. The Labute approximate surface area is 265 Å². The van der Waals surface area contributed by atoms with E-state index in [0.717, 1.165) is 17.2 Å². The lowest BCUT2D eigenvalue weighted by Gasteiger charge is -2.64. The van der Waals surface area contributed by atoms with Crippen molar-refractivity contribution in [1.82, 2.24) is 0 Å². The third-order valence-corrected chi connectivity index (χ3v) is 37.2. The van der Waals surface area contributed by atoms with Crippen molar-refractivity contribution >= 4 is 65.0 Å². The summed E-state index contributed by atoms with van der Waals surface area (Å²) < 4.78 is 0.601. The minimum absolute atomic E-state index is 0.300. The van der Waals surface area contributed by atoms with Crippen molar-refractivity contribution in [1.29, 1.82) is 0 Å². The highest BCUT2D eigenvalue weighted by atomic mass is 32.2. The molecule has 2 fully saturated rings. The number of hydrogen-bond acceptors (Lipinski definition) is 2. The van der Waals surface area contributed by atoms with Crippen LogP contribution in [0.2, 0.25) is 0 Å². The van der Waals surface area contributed by atoms with E-state index >= 15 is 0 Å². The molecule has 6 unspecified atom stereocenters. The van der Waals surface area contributed by atoms with Gasteiger partial charge in [-0.05, 0) is 55.2 Å². The molecular weight excluding hydrogens is 608 g/mol. The zero-order valence-electron chi connectivity index (χ0n) is 27.1. The first-order valence-electron chi connectivity index (χ1n) is 16.0. The van der Waals surface area contributed by atoms with Gasteiger partial charge in [0.05, 0.1) is 50.2 Å². The molecule has 3 aliphatic heterocycles. The highest BCUT2D eigenvalue weighted by molar-refractivity contribution is 8.24. The summed E-state index contributed by atoms with van der Waals surface area (Å²) in [6, 6.07) is 21.1. The van der Waals surface area contributed by atoms with Gasteiger partial charge < -0.3 is 0 Å². The van der Waals surface area contributed by atoms with E-state index in [2.05, 4.69) is 139 Å². The summed E-state index contributed by atoms with van der Waals surface area (Å²) in [5, 5.41) is 0. The van der Waals surface area contributed by atoms with Crippen molar-refractivity contribution in [2.24, 2.45) is 0 Å². The van der Waals surface area contributed by atoms with E-state index < -0.39 is 14.5 Å². The minimum Gasteiger partial charge on any atom is -0.111 e. The van der Waals surface area contributed by atoms with Crippen LogP contribution in [0.1, 0.15) is 89.8 Å². The standard InChI is InChI=1S/C35H54P4S2/c1-10-15-20-27-21-19-24-29(25-27)31-30(28-22-17-16-18-23-28)40-34(13-4)35(14-5,41-31)37-33(12-3)32(11-2,36-34)38(6,7)26-39(33,8)9/h16-19,21-25,36-37H,10-15,20,26H2,1-9H3/q+2. The van der Waals surface area contributed by atoms with Gasteiger partial charge in [0.2, 0.25) is 0 Å². The predicted octanol–water partition coefficient (Wildman–Crippen LogP) is 12.7. The third kappa shape index (κ3) is 4.95. The van der Waals surface area contributed by atoms with Crippen molar-refractivity contribution in [3.63, 3.8) is 0 Å². The normalized spacial score (nSPS) is 35.0. The Morgan fingerprint density at radius 1 is 0.659 bits per heavy atom. The second kappa shape index (κ2) is 12.1. The summed E-state index contributed by atoms with van der Waals surface area (Å²) in [6.45, 7) is 23.8. The molecule has 5 rings (SSSR count). The van der Waals surface area contributed by atoms with Crippen LogP contribution in [0.3, 0.4) is 0 Å². The van der Waals surface area contributed by atoms with Crippen molar-refractivity contribution in [3.8, 4) is 0 Å². The van der Waals surface area contributed by atoms with E-state index in [0.29, 0.717) is 18.8 Å². The van der Waals surface area contributed by atoms with E-state index in [9.17, 15) is 0 Å². The molecule has 0 aliphatic carbocycles. The fraction of sp³-hybridized carbons (Fsp3) is 0.600. The number of benzene rings is 2. The molecule has 6 heteroatoms. The Balaban J connectivity index is 1.76. The first-order chi connectivity index (χ1) is 19.5. The molecule has 41 heavy (non-hydrogen) atoms. The highest BCUT2D eigenvalue weighted by Gasteiger charge is 2.86. The molecule has 2 saturated heterocycles. The summed E-state index contributed by atoms with van der Waals surface area (Å²) in [5.74, 6) is 1.57. The molecule has 0 N–H and O–H groups in total. The van der Waals surface area contributed by atoms with Gasteiger partial charge in [-0.3, -0.25) is 0 Å². The Kier molecular flexibility index (Phi) is 9.72. The van der Waals surface area contributed by atoms with E-state index in [1.165, 1.54) is 61.6 Å². The summed E-state index contributed by atoms with van der Waals surface area (Å²) in [7, 11) is -0.0504. The monoisotopic (exact) mass is 662 g/mol. The van der Waals surface area contributed by atoms with Crippen LogP contribution in [0.5, 0.6) is 0 Å². The third-order valence-electron chi connectivity index (χ3n) is 10.7. The Bertz CT molecular complexity index is 1290. The maximum absolute atomic E-state index is 2.79. The van der Waals surface area contributed by atoms with Gasteiger partial charge in [-0.25, -0.2) is 0 Å². The second-order valence-electron chi connectivity index (χ2n) is 13.6. The average Bonchev–Trinajstić information content (AvgIpc) is 3.11. The molecule has 3 aliphatic rings. The van der Waals surface area contributed by atoms with Crippen LogP contribution in [0.4, 0.5) is 0 Å². The summed E-state index contributed by atoms with van der Waals surface area (Å²) in [6.07, 6.45) is 9.05. The van der Waals surface area contributed by atoms with Gasteiger partial charge in [-0.2, -0.15) is 0 Å². The smallest absolute Gasteiger partial charge is 0.111 e. The molecule has 6 atom stereocenters. The van der Waals surface area contributed by atoms with Gasteiger partial charge in [0.25, 0.3) is 0 Å². The van der Waals surface area contributed by atoms with Crippen LogP contribution < -0.4 is 0 Å². The molecule has 2 aromatic rings. The van der Waals surface area contributed by atoms with Crippen LogP contribution in [-0.4, -0.2) is 51.3 Å². The Morgan fingerprint density at radius 3 is 1.66 bits per heavy atom. The quantitative estimate of drug-likeness (QED) is 0.245. The van der Waals surface area contributed by atoms with Crippen molar-refractivity contribution in [3.05, 3.63) is 71.3 Å². The van der Waals surface area contributed by atoms with Crippen LogP contribution >= 0.6 is 55.2 Å². The summed E-state index contributed by atoms with van der Waals surface area (Å²) in [5.41, 5.74) is 4.40. The lowest BCUT2D eigenvalue weighted by Crippen LogP contribution is -2.59. The molecule has 0 nitrogen and oxygen atoms in total. The molecule has 3 heterocycles. The fourth-order valence-corrected chi connectivity index (χ4v) is 41.0. The number of unbranched alkanes of at least 4 members (excludes halogenated alkanes) is 1. The van der Waals surface area contributed by atoms with Crippen LogP contribution in [0.25, 0.3) is 9.81 Å². The average molecular weight is 663 g/mol. The Hall–Kier alpha value is 0.600. The molecule has 0 saturated carbocycles. The van der Waals surface area contributed by atoms with E-state index in [1.54, 1.807) is 15.7 Å². The van der Waals surface area contributed by atoms with Gasteiger partial charge in [0, 0.05) is 9.81 Å². The molecule has 0 bridgehead atoms. The zero-order valence-corrected chi connectivity index (χ0v) is 32.5. The number of thioether (sulfide) groups is 2. The SMILES string of the molecule is CCCCc1cccc(C2=C(c3ccccc3)SC3(CC)PC4(CC)C(CC)(PC3(CC)S2)[P+](C)(C)C[P+]4(C)C)c1. The molecule has 0 spiro atoms. The summed E-state index contributed by atoms with van der Waals surface area (Å²) >= 11 is 4.70. The van der Waals surface area contributed by atoms with Crippen LogP contribution in [0, 0.1) is 0 Å². The van der Waals surface area contributed by atoms with Crippen LogP contribution in [-0.2, 0) is 6.42 Å². The zero-order chi connectivity index (χ0) is 29.7. The molecule has 224 valence electrons. The van der Waals surface area contributed by atoms with Crippen molar-refractivity contribution in [2.75, 3.05) is 32.6 Å². The predicted molar refractivity (Wildman–Crippen MR) is 205 cm³/mol. The highest BCUT2D eigenvalue weighted by Crippen LogP contribution is 3.03. The van der Waals surface area contributed by atoms with Gasteiger partial charge in [0.15, 0.2) is 5.90 Å². The number of fused-ring (bicyclic) bond motifs is 2.